The number of phenols is 1. The molecule has 0 saturated heterocycles. The highest BCUT2D eigenvalue weighted by Crippen LogP contribution is 2.19. The van der Waals surface area contributed by atoms with Crippen molar-refractivity contribution in [2.75, 3.05) is 13.6 Å². The van der Waals surface area contributed by atoms with Crippen LogP contribution < -0.4 is 5.73 Å². The fourth-order valence-electron chi connectivity index (χ4n) is 2.34. The SMILES string of the molecule is CN(Cc1cccc(O)c1)C(=O)C(CN)c1ccccc1. The maximum Gasteiger partial charge on any atom is 0.231 e. The number of hydrogen-bond donors (Lipinski definition) is 2. The average Bonchev–Trinajstić information content (AvgIpc) is 2.49. The van der Waals surface area contributed by atoms with E-state index in [2.05, 4.69) is 0 Å². The van der Waals surface area contributed by atoms with Crippen LogP contribution in [0.2, 0.25) is 0 Å². The van der Waals surface area contributed by atoms with E-state index in [0.717, 1.165) is 11.1 Å². The summed E-state index contributed by atoms with van der Waals surface area (Å²) in [7, 11) is 1.75. The van der Waals surface area contributed by atoms with Crippen molar-refractivity contribution in [3.8, 4) is 5.75 Å². The van der Waals surface area contributed by atoms with Crippen molar-refractivity contribution in [1.82, 2.24) is 4.90 Å². The highest BCUT2D eigenvalue weighted by molar-refractivity contribution is 5.83. The summed E-state index contributed by atoms with van der Waals surface area (Å²) in [4.78, 5) is 14.2. The fourth-order valence-corrected chi connectivity index (χ4v) is 2.34. The molecule has 4 heteroatoms. The van der Waals surface area contributed by atoms with Gasteiger partial charge in [0.2, 0.25) is 5.91 Å². The van der Waals surface area contributed by atoms with Crippen LogP contribution in [-0.4, -0.2) is 29.5 Å². The van der Waals surface area contributed by atoms with Gasteiger partial charge in [0.1, 0.15) is 5.75 Å². The predicted octanol–water partition coefficient (Wildman–Crippen LogP) is 2.09. The lowest BCUT2D eigenvalue weighted by Gasteiger charge is -2.23. The molecule has 2 aromatic rings. The summed E-state index contributed by atoms with van der Waals surface area (Å²) in [5.41, 5.74) is 7.58. The van der Waals surface area contributed by atoms with E-state index in [4.69, 9.17) is 5.73 Å². The Hall–Kier alpha value is -2.33. The van der Waals surface area contributed by atoms with E-state index in [1.807, 2.05) is 36.4 Å². The van der Waals surface area contributed by atoms with Crippen LogP contribution in [0.25, 0.3) is 0 Å². The molecular weight excluding hydrogens is 264 g/mol. The van der Waals surface area contributed by atoms with Crippen molar-refractivity contribution < 1.29 is 9.90 Å². The molecule has 0 radical (unpaired) electrons. The zero-order valence-electron chi connectivity index (χ0n) is 12.1. The first-order valence-corrected chi connectivity index (χ1v) is 6.89. The van der Waals surface area contributed by atoms with Gasteiger partial charge in [-0.25, -0.2) is 0 Å². The monoisotopic (exact) mass is 284 g/mol. The number of nitrogens with zero attached hydrogens (tertiary/aromatic N) is 1. The van der Waals surface area contributed by atoms with Gasteiger partial charge in [-0.2, -0.15) is 0 Å². The van der Waals surface area contributed by atoms with Gasteiger partial charge in [-0.1, -0.05) is 42.5 Å². The molecule has 1 amide bonds. The Morgan fingerprint density at radius 1 is 1.19 bits per heavy atom. The van der Waals surface area contributed by atoms with Gasteiger partial charge in [0.25, 0.3) is 0 Å². The Labute approximate surface area is 124 Å². The molecule has 0 fully saturated rings. The molecule has 0 heterocycles. The van der Waals surface area contributed by atoms with E-state index in [9.17, 15) is 9.90 Å². The molecule has 0 spiro atoms. The van der Waals surface area contributed by atoms with E-state index in [1.165, 1.54) is 0 Å². The number of nitrogens with two attached hydrogens (primary N) is 1. The number of rotatable bonds is 5. The summed E-state index contributed by atoms with van der Waals surface area (Å²) in [5, 5.41) is 9.47. The highest BCUT2D eigenvalue weighted by Gasteiger charge is 2.22. The molecule has 3 N–H and O–H groups in total. The standard InChI is InChI=1S/C17H20N2O2/c1-19(12-13-6-5-9-15(20)10-13)17(21)16(11-18)14-7-3-2-4-8-14/h2-10,16,20H,11-12,18H2,1H3. The second-order valence-electron chi connectivity index (χ2n) is 5.06. The summed E-state index contributed by atoms with van der Waals surface area (Å²) in [5.74, 6) is -0.160. The van der Waals surface area contributed by atoms with Gasteiger partial charge in [-0.3, -0.25) is 4.79 Å². The number of hydrogen-bond acceptors (Lipinski definition) is 3. The van der Waals surface area contributed by atoms with Gasteiger partial charge in [0, 0.05) is 20.1 Å². The summed E-state index contributed by atoms with van der Waals surface area (Å²) in [6.07, 6.45) is 0. The molecule has 0 aliphatic rings. The second kappa shape index (κ2) is 6.90. The lowest BCUT2D eigenvalue weighted by atomic mass is 9.97. The molecule has 1 unspecified atom stereocenters. The minimum absolute atomic E-state index is 0.0213. The van der Waals surface area contributed by atoms with Crippen molar-refractivity contribution in [2.24, 2.45) is 5.73 Å². The molecular formula is C17H20N2O2. The lowest BCUT2D eigenvalue weighted by molar-refractivity contribution is -0.131. The van der Waals surface area contributed by atoms with Crippen LogP contribution in [-0.2, 0) is 11.3 Å². The van der Waals surface area contributed by atoms with Crippen LogP contribution in [0, 0.1) is 0 Å². The molecule has 0 aliphatic carbocycles. The van der Waals surface area contributed by atoms with Crippen LogP contribution >= 0.6 is 0 Å². The Balaban J connectivity index is 2.10. The largest absolute Gasteiger partial charge is 0.508 e. The van der Waals surface area contributed by atoms with Gasteiger partial charge >= 0.3 is 0 Å². The Morgan fingerprint density at radius 2 is 1.90 bits per heavy atom. The molecule has 0 aromatic heterocycles. The average molecular weight is 284 g/mol. The minimum Gasteiger partial charge on any atom is -0.508 e. The summed E-state index contributed by atoms with van der Waals surface area (Å²) in [6.45, 7) is 0.712. The summed E-state index contributed by atoms with van der Waals surface area (Å²) < 4.78 is 0. The smallest absolute Gasteiger partial charge is 0.231 e. The van der Waals surface area contributed by atoms with Crippen molar-refractivity contribution in [1.29, 1.82) is 0 Å². The highest BCUT2D eigenvalue weighted by atomic mass is 16.3. The predicted molar refractivity (Wildman–Crippen MR) is 82.8 cm³/mol. The Morgan fingerprint density at radius 3 is 2.52 bits per heavy atom. The van der Waals surface area contributed by atoms with Crippen LogP contribution in [0.5, 0.6) is 5.75 Å². The number of carbonyl (C=O) groups is 1. The van der Waals surface area contributed by atoms with E-state index in [0.29, 0.717) is 6.54 Å². The maximum absolute atomic E-state index is 12.5. The zero-order valence-corrected chi connectivity index (χ0v) is 12.1. The third-order valence-electron chi connectivity index (χ3n) is 3.44. The molecule has 0 saturated carbocycles. The van der Waals surface area contributed by atoms with Gasteiger partial charge < -0.3 is 15.7 Å². The first-order chi connectivity index (χ1) is 10.1. The summed E-state index contributed by atoms with van der Waals surface area (Å²) in [6, 6.07) is 16.5. The minimum atomic E-state index is -0.339. The van der Waals surface area contributed by atoms with Crippen molar-refractivity contribution >= 4 is 5.91 Å². The van der Waals surface area contributed by atoms with E-state index in [1.54, 1.807) is 30.1 Å². The van der Waals surface area contributed by atoms with Gasteiger partial charge in [0.15, 0.2) is 0 Å². The topological polar surface area (TPSA) is 66.6 Å². The molecule has 0 aliphatic heterocycles. The Bertz CT molecular complexity index is 599. The summed E-state index contributed by atoms with van der Waals surface area (Å²) >= 11 is 0. The third-order valence-corrected chi connectivity index (χ3v) is 3.44. The van der Waals surface area contributed by atoms with Crippen LogP contribution in [0.1, 0.15) is 17.0 Å². The van der Waals surface area contributed by atoms with Crippen LogP contribution in [0.15, 0.2) is 54.6 Å². The molecule has 2 rings (SSSR count). The fraction of sp³-hybridized carbons (Fsp3) is 0.235. The molecule has 110 valence electrons. The van der Waals surface area contributed by atoms with Gasteiger partial charge in [0.05, 0.1) is 5.92 Å². The van der Waals surface area contributed by atoms with E-state index < -0.39 is 0 Å². The van der Waals surface area contributed by atoms with E-state index >= 15 is 0 Å². The van der Waals surface area contributed by atoms with Gasteiger partial charge in [-0.05, 0) is 23.3 Å². The number of carbonyl (C=O) groups excluding carboxylic acids is 1. The Kier molecular flexibility index (Phi) is 4.95. The quantitative estimate of drug-likeness (QED) is 0.883. The zero-order chi connectivity index (χ0) is 15.2. The lowest BCUT2D eigenvalue weighted by Crippen LogP contribution is -2.34. The first-order valence-electron chi connectivity index (χ1n) is 6.89. The number of amides is 1. The molecule has 4 nitrogen and oxygen atoms in total. The number of phenolic OH excluding ortho intramolecular Hbond substituents is 1. The van der Waals surface area contributed by atoms with Crippen molar-refractivity contribution in [3.63, 3.8) is 0 Å². The van der Waals surface area contributed by atoms with Crippen LogP contribution in [0.4, 0.5) is 0 Å². The molecule has 1 atom stereocenters. The second-order valence-corrected chi connectivity index (χ2v) is 5.06. The normalized spacial score (nSPS) is 11.9. The number of likely N-dealkylation sites (N-methyl/N-ethyl adjacent to an activating group) is 1. The maximum atomic E-state index is 12.5. The number of benzene rings is 2. The molecule has 2 aromatic carbocycles. The number of aromatic hydroxyl groups is 1. The third kappa shape index (κ3) is 3.83. The first kappa shape index (κ1) is 15.1. The molecule has 21 heavy (non-hydrogen) atoms. The van der Waals surface area contributed by atoms with Crippen molar-refractivity contribution in [3.05, 3.63) is 65.7 Å². The van der Waals surface area contributed by atoms with E-state index in [-0.39, 0.29) is 24.1 Å². The van der Waals surface area contributed by atoms with Crippen molar-refractivity contribution in [2.45, 2.75) is 12.5 Å². The van der Waals surface area contributed by atoms with Gasteiger partial charge in [-0.15, -0.1) is 0 Å². The molecule has 0 bridgehead atoms. The van der Waals surface area contributed by atoms with Crippen LogP contribution in [0.3, 0.4) is 0 Å².